The molecule has 1 fully saturated rings. The Morgan fingerprint density at radius 2 is 2.29 bits per heavy atom. The summed E-state index contributed by atoms with van der Waals surface area (Å²) >= 11 is 0. The lowest BCUT2D eigenvalue weighted by atomic mass is 10.2. The Morgan fingerprint density at radius 3 is 2.94 bits per heavy atom. The van der Waals surface area contributed by atoms with Crippen LogP contribution in [0.5, 0.6) is 0 Å². The van der Waals surface area contributed by atoms with Crippen LogP contribution in [0.1, 0.15) is 32.9 Å². The molecular weight excluding hydrogens is 212 g/mol. The van der Waals surface area contributed by atoms with Crippen molar-refractivity contribution in [1.82, 2.24) is 15.1 Å². The van der Waals surface area contributed by atoms with Gasteiger partial charge in [0.2, 0.25) is 0 Å². The Balaban J connectivity index is 2.04. The SMILES string of the molecule is CCc1nn(C)cc1N1CCC(NC(C)C)C1. The van der Waals surface area contributed by atoms with E-state index >= 15 is 0 Å². The van der Waals surface area contributed by atoms with Crippen molar-refractivity contribution in [3.8, 4) is 0 Å². The number of aromatic nitrogens is 2. The normalized spacial score (nSPS) is 20.5. The van der Waals surface area contributed by atoms with Crippen LogP contribution < -0.4 is 10.2 Å². The summed E-state index contributed by atoms with van der Waals surface area (Å²) < 4.78 is 1.93. The zero-order valence-corrected chi connectivity index (χ0v) is 11.4. The maximum atomic E-state index is 4.51. The molecule has 1 atom stereocenters. The van der Waals surface area contributed by atoms with Gasteiger partial charge >= 0.3 is 0 Å². The second-order valence-electron chi connectivity index (χ2n) is 5.24. The van der Waals surface area contributed by atoms with E-state index in [0.29, 0.717) is 12.1 Å². The van der Waals surface area contributed by atoms with Crippen LogP contribution >= 0.6 is 0 Å². The monoisotopic (exact) mass is 236 g/mol. The van der Waals surface area contributed by atoms with E-state index in [0.717, 1.165) is 19.5 Å². The molecule has 1 unspecified atom stereocenters. The highest BCUT2D eigenvalue weighted by atomic mass is 15.3. The minimum Gasteiger partial charge on any atom is -0.367 e. The van der Waals surface area contributed by atoms with Gasteiger partial charge in [-0.25, -0.2) is 0 Å². The van der Waals surface area contributed by atoms with Crippen molar-refractivity contribution in [1.29, 1.82) is 0 Å². The van der Waals surface area contributed by atoms with Crippen molar-refractivity contribution in [3.05, 3.63) is 11.9 Å². The van der Waals surface area contributed by atoms with Gasteiger partial charge in [0.1, 0.15) is 0 Å². The van der Waals surface area contributed by atoms with Gasteiger partial charge in [0.25, 0.3) is 0 Å². The summed E-state index contributed by atoms with van der Waals surface area (Å²) in [5, 5.41) is 8.13. The van der Waals surface area contributed by atoms with E-state index in [1.165, 1.54) is 17.8 Å². The fraction of sp³-hybridized carbons (Fsp3) is 0.769. The summed E-state index contributed by atoms with van der Waals surface area (Å²) in [6.07, 6.45) is 4.39. The van der Waals surface area contributed by atoms with Gasteiger partial charge in [-0.1, -0.05) is 20.8 Å². The molecule has 4 nitrogen and oxygen atoms in total. The summed E-state index contributed by atoms with van der Waals surface area (Å²) in [7, 11) is 2.00. The average Bonchev–Trinajstić information content (AvgIpc) is 2.83. The molecule has 0 aromatic carbocycles. The van der Waals surface area contributed by atoms with Crippen molar-refractivity contribution in [2.24, 2.45) is 7.05 Å². The average molecular weight is 236 g/mol. The molecule has 1 aliphatic rings. The van der Waals surface area contributed by atoms with Crippen molar-refractivity contribution in [3.63, 3.8) is 0 Å². The lowest BCUT2D eigenvalue weighted by Gasteiger charge is -2.19. The van der Waals surface area contributed by atoms with Gasteiger partial charge in [0, 0.05) is 38.4 Å². The molecule has 2 rings (SSSR count). The lowest BCUT2D eigenvalue weighted by molar-refractivity contribution is 0.492. The molecule has 0 saturated carbocycles. The Kier molecular flexibility index (Phi) is 3.72. The minimum absolute atomic E-state index is 0.569. The first-order valence-corrected chi connectivity index (χ1v) is 6.63. The number of rotatable bonds is 4. The van der Waals surface area contributed by atoms with Gasteiger partial charge in [-0.05, 0) is 12.8 Å². The maximum Gasteiger partial charge on any atom is 0.0855 e. The summed E-state index contributed by atoms with van der Waals surface area (Å²) in [5.74, 6) is 0. The molecule has 0 bridgehead atoms. The predicted molar refractivity (Wildman–Crippen MR) is 71.5 cm³/mol. The second-order valence-corrected chi connectivity index (χ2v) is 5.24. The molecule has 0 radical (unpaired) electrons. The van der Waals surface area contributed by atoms with Crippen LogP contribution in [0.25, 0.3) is 0 Å². The first kappa shape index (κ1) is 12.4. The molecule has 1 aromatic rings. The van der Waals surface area contributed by atoms with Crippen LogP contribution in [-0.4, -0.2) is 35.0 Å². The van der Waals surface area contributed by atoms with E-state index in [1.807, 2.05) is 11.7 Å². The standard InChI is InChI=1S/C13H24N4/c1-5-12-13(9-16(4)15-12)17-7-6-11(8-17)14-10(2)3/h9-11,14H,5-8H2,1-4H3. The van der Waals surface area contributed by atoms with Gasteiger partial charge in [-0.15, -0.1) is 0 Å². The highest BCUT2D eigenvalue weighted by Gasteiger charge is 2.25. The van der Waals surface area contributed by atoms with Gasteiger partial charge in [-0.3, -0.25) is 4.68 Å². The molecule has 1 aliphatic heterocycles. The quantitative estimate of drug-likeness (QED) is 0.861. The van der Waals surface area contributed by atoms with Crippen molar-refractivity contribution in [2.75, 3.05) is 18.0 Å². The van der Waals surface area contributed by atoms with Crippen molar-refractivity contribution >= 4 is 5.69 Å². The molecule has 0 spiro atoms. The molecule has 4 heteroatoms. The van der Waals surface area contributed by atoms with Crippen molar-refractivity contribution in [2.45, 2.75) is 45.7 Å². The van der Waals surface area contributed by atoms with E-state index in [4.69, 9.17) is 0 Å². The number of anilines is 1. The summed E-state index contributed by atoms with van der Waals surface area (Å²) in [5.41, 5.74) is 2.54. The number of nitrogens with zero attached hydrogens (tertiary/aromatic N) is 3. The molecule has 96 valence electrons. The molecule has 1 aromatic heterocycles. The van der Waals surface area contributed by atoms with Crippen LogP contribution in [0.4, 0.5) is 5.69 Å². The third-order valence-corrected chi connectivity index (χ3v) is 3.32. The Bertz CT molecular complexity index is 369. The van der Waals surface area contributed by atoms with Gasteiger partial charge in [0.05, 0.1) is 11.4 Å². The summed E-state index contributed by atoms with van der Waals surface area (Å²) in [4.78, 5) is 2.46. The van der Waals surface area contributed by atoms with Gasteiger partial charge in [0.15, 0.2) is 0 Å². The van der Waals surface area contributed by atoms with Crippen LogP contribution in [0, 0.1) is 0 Å². The molecule has 2 heterocycles. The number of hydrogen-bond acceptors (Lipinski definition) is 3. The fourth-order valence-corrected chi connectivity index (χ4v) is 2.62. The Labute approximate surface area is 104 Å². The third kappa shape index (κ3) is 2.80. The topological polar surface area (TPSA) is 33.1 Å². The Hall–Kier alpha value is -1.03. The van der Waals surface area contributed by atoms with Crippen LogP contribution in [-0.2, 0) is 13.5 Å². The van der Waals surface area contributed by atoms with Crippen LogP contribution in [0.3, 0.4) is 0 Å². The lowest BCUT2D eigenvalue weighted by Crippen LogP contribution is -2.37. The van der Waals surface area contributed by atoms with E-state index in [9.17, 15) is 0 Å². The number of aryl methyl sites for hydroxylation is 2. The highest BCUT2D eigenvalue weighted by molar-refractivity contribution is 5.50. The summed E-state index contributed by atoms with van der Waals surface area (Å²) in [6, 6.07) is 1.19. The van der Waals surface area contributed by atoms with E-state index < -0.39 is 0 Å². The highest BCUT2D eigenvalue weighted by Crippen LogP contribution is 2.24. The second kappa shape index (κ2) is 5.08. The van der Waals surface area contributed by atoms with Crippen molar-refractivity contribution < 1.29 is 0 Å². The third-order valence-electron chi connectivity index (χ3n) is 3.32. The van der Waals surface area contributed by atoms with Crippen LogP contribution in [0.15, 0.2) is 6.20 Å². The first-order valence-electron chi connectivity index (χ1n) is 6.63. The maximum absolute atomic E-state index is 4.51. The smallest absolute Gasteiger partial charge is 0.0855 e. The summed E-state index contributed by atoms with van der Waals surface area (Å²) in [6.45, 7) is 8.85. The molecule has 0 aliphatic carbocycles. The number of hydrogen-bond donors (Lipinski definition) is 1. The fourth-order valence-electron chi connectivity index (χ4n) is 2.62. The van der Waals surface area contributed by atoms with Gasteiger partial charge < -0.3 is 10.2 Å². The molecular formula is C13H24N4. The zero-order chi connectivity index (χ0) is 12.4. The van der Waals surface area contributed by atoms with E-state index in [-0.39, 0.29) is 0 Å². The zero-order valence-electron chi connectivity index (χ0n) is 11.4. The first-order chi connectivity index (χ1) is 8.10. The molecule has 0 amide bonds. The molecule has 1 saturated heterocycles. The van der Waals surface area contributed by atoms with E-state index in [2.05, 4.69) is 42.3 Å². The van der Waals surface area contributed by atoms with Crippen LogP contribution in [0.2, 0.25) is 0 Å². The predicted octanol–water partition coefficient (Wildman–Crippen LogP) is 1.56. The molecule has 17 heavy (non-hydrogen) atoms. The largest absolute Gasteiger partial charge is 0.367 e. The Morgan fingerprint density at radius 1 is 1.53 bits per heavy atom. The number of nitrogens with one attached hydrogen (secondary N) is 1. The molecule has 1 N–H and O–H groups in total. The van der Waals surface area contributed by atoms with Gasteiger partial charge in [-0.2, -0.15) is 5.10 Å². The van der Waals surface area contributed by atoms with E-state index in [1.54, 1.807) is 0 Å². The minimum atomic E-state index is 0.569.